The Morgan fingerprint density at radius 2 is 1.36 bits per heavy atom. The quantitative estimate of drug-likeness (QED) is 0.516. The summed E-state index contributed by atoms with van der Waals surface area (Å²) >= 11 is 0. The Morgan fingerprint density at radius 3 is 2.04 bits per heavy atom. The third-order valence-electron chi connectivity index (χ3n) is 5.35. The number of aryl methyl sites for hydroxylation is 2. The van der Waals surface area contributed by atoms with Crippen molar-refractivity contribution in [2.75, 3.05) is 38.0 Å². The van der Waals surface area contributed by atoms with Gasteiger partial charge in [0.2, 0.25) is 0 Å². The van der Waals surface area contributed by atoms with Gasteiger partial charge in [-0.2, -0.15) is 0 Å². The SMILES string of the molecule is Cc1c2cc(N(C)C)ccc2cc2c3ccc(N(C)C)cc3n(C)c12. The molecule has 128 valence electrons. The monoisotopic (exact) mass is 331 g/mol. The van der Waals surface area contributed by atoms with Crippen molar-refractivity contribution in [2.24, 2.45) is 7.05 Å². The summed E-state index contributed by atoms with van der Waals surface area (Å²) in [5, 5.41) is 5.30. The number of fused-ring (bicyclic) bond motifs is 4. The van der Waals surface area contributed by atoms with E-state index in [1.54, 1.807) is 0 Å². The maximum Gasteiger partial charge on any atom is 0.0524 e. The molecule has 0 fully saturated rings. The molecule has 0 aliphatic rings. The Bertz CT molecular complexity index is 1100. The summed E-state index contributed by atoms with van der Waals surface area (Å²) < 4.78 is 2.34. The molecule has 3 aromatic carbocycles. The molecule has 25 heavy (non-hydrogen) atoms. The average molecular weight is 331 g/mol. The Labute approximate surface area is 149 Å². The van der Waals surface area contributed by atoms with E-state index in [2.05, 4.69) is 99.0 Å². The predicted molar refractivity (Wildman–Crippen MR) is 111 cm³/mol. The molecule has 0 amide bonds. The second kappa shape index (κ2) is 5.41. The molecule has 0 aliphatic carbocycles. The Morgan fingerprint density at radius 1 is 0.720 bits per heavy atom. The van der Waals surface area contributed by atoms with Gasteiger partial charge in [-0.05, 0) is 53.6 Å². The molecule has 0 atom stereocenters. The van der Waals surface area contributed by atoms with Gasteiger partial charge >= 0.3 is 0 Å². The van der Waals surface area contributed by atoms with Gasteiger partial charge in [-0.1, -0.05) is 12.1 Å². The zero-order chi connectivity index (χ0) is 17.9. The van der Waals surface area contributed by atoms with E-state index in [9.17, 15) is 0 Å². The molecule has 0 bridgehead atoms. The van der Waals surface area contributed by atoms with E-state index >= 15 is 0 Å². The number of benzene rings is 3. The normalized spacial score (nSPS) is 11.6. The maximum absolute atomic E-state index is 2.34. The highest BCUT2D eigenvalue weighted by molar-refractivity contribution is 6.15. The van der Waals surface area contributed by atoms with Gasteiger partial charge in [0, 0.05) is 57.4 Å². The molecule has 1 heterocycles. The fourth-order valence-corrected chi connectivity index (χ4v) is 3.89. The highest BCUT2D eigenvalue weighted by Crippen LogP contribution is 2.37. The van der Waals surface area contributed by atoms with Gasteiger partial charge in [0.15, 0.2) is 0 Å². The molecule has 0 unspecified atom stereocenters. The van der Waals surface area contributed by atoms with Gasteiger partial charge in [0.1, 0.15) is 0 Å². The third-order valence-corrected chi connectivity index (χ3v) is 5.35. The van der Waals surface area contributed by atoms with Crippen LogP contribution in [-0.4, -0.2) is 32.8 Å². The molecule has 0 spiro atoms. The van der Waals surface area contributed by atoms with Crippen LogP contribution in [0.1, 0.15) is 5.56 Å². The lowest BCUT2D eigenvalue weighted by molar-refractivity contribution is 1.01. The van der Waals surface area contributed by atoms with E-state index in [1.807, 2.05) is 0 Å². The van der Waals surface area contributed by atoms with Crippen LogP contribution in [0.3, 0.4) is 0 Å². The summed E-state index contributed by atoms with van der Waals surface area (Å²) in [7, 11) is 10.5. The van der Waals surface area contributed by atoms with Gasteiger partial charge in [0.05, 0.1) is 11.0 Å². The molecule has 3 nitrogen and oxygen atoms in total. The number of rotatable bonds is 2. The first-order chi connectivity index (χ1) is 11.9. The van der Waals surface area contributed by atoms with Crippen LogP contribution >= 0.6 is 0 Å². The van der Waals surface area contributed by atoms with Gasteiger partial charge in [-0.3, -0.25) is 0 Å². The first kappa shape index (κ1) is 15.8. The number of nitrogens with zero attached hydrogens (tertiary/aromatic N) is 3. The van der Waals surface area contributed by atoms with Crippen LogP contribution in [0.15, 0.2) is 42.5 Å². The van der Waals surface area contributed by atoms with E-state index in [4.69, 9.17) is 0 Å². The molecule has 4 aromatic rings. The van der Waals surface area contributed by atoms with E-state index in [0.717, 1.165) is 0 Å². The van der Waals surface area contributed by atoms with Gasteiger partial charge in [-0.15, -0.1) is 0 Å². The molecular weight excluding hydrogens is 306 g/mol. The molecule has 3 heteroatoms. The second-order valence-electron chi connectivity index (χ2n) is 7.35. The third kappa shape index (κ3) is 2.26. The Kier molecular flexibility index (Phi) is 3.43. The molecule has 0 N–H and O–H groups in total. The molecular formula is C22H25N3. The van der Waals surface area contributed by atoms with Crippen molar-refractivity contribution >= 4 is 44.0 Å². The highest BCUT2D eigenvalue weighted by atomic mass is 15.1. The predicted octanol–water partition coefficient (Wildman–Crippen LogP) is 4.93. The van der Waals surface area contributed by atoms with Crippen molar-refractivity contribution in [1.82, 2.24) is 4.57 Å². The summed E-state index contributed by atoms with van der Waals surface area (Å²) in [5.41, 5.74) is 6.43. The second-order valence-corrected chi connectivity index (χ2v) is 7.35. The summed E-state index contributed by atoms with van der Waals surface area (Å²) in [4.78, 5) is 4.32. The van der Waals surface area contributed by atoms with E-state index in [-0.39, 0.29) is 0 Å². The van der Waals surface area contributed by atoms with E-state index in [1.165, 1.54) is 49.5 Å². The largest absolute Gasteiger partial charge is 0.378 e. The summed E-state index contributed by atoms with van der Waals surface area (Å²) in [6.07, 6.45) is 0. The number of aromatic nitrogens is 1. The molecule has 0 saturated heterocycles. The molecule has 4 rings (SSSR count). The summed E-state index contributed by atoms with van der Waals surface area (Å²) in [5.74, 6) is 0. The van der Waals surface area contributed by atoms with Crippen LogP contribution in [-0.2, 0) is 7.05 Å². The molecule has 0 aliphatic heterocycles. The summed E-state index contributed by atoms with van der Waals surface area (Å²) in [6.45, 7) is 2.25. The number of anilines is 2. The average Bonchev–Trinajstić information content (AvgIpc) is 2.87. The van der Waals surface area contributed by atoms with Crippen molar-refractivity contribution in [3.05, 3.63) is 48.0 Å². The highest BCUT2D eigenvalue weighted by Gasteiger charge is 2.14. The fraction of sp³-hybridized carbons (Fsp3) is 0.273. The lowest BCUT2D eigenvalue weighted by atomic mass is 10.00. The molecule has 0 saturated carbocycles. The fourth-order valence-electron chi connectivity index (χ4n) is 3.89. The number of hydrogen-bond donors (Lipinski definition) is 0. The van der Waals surface area contributed by atoms with E-state index < -0.39 is 0 Å². The first-order valence-electron chi connectivity index (χ1n) is 8.68. The zero-order valence-corrected chi connectivity index (χ0v) is 15.9. The molecule has 1 aromatic heterocycles. The van der Waals surface area contributed by atoms with Crippen molar-refractivity contribution in [2.45, 2.75) is 6.92 Å². The van der Waals surface area contributed by atoms with Crippen LogP contribution in [0.4, 0.5) is 11.4 Å². The smallest absolute Gasteiger partial charge is 0.0524 e. The van der Waals surface area contributed by atoms with Crippen LogP contribution in [0.5, 0.6) is 0 Å². The van der Waals surface area contributed by atoms with Gasteiger partial charge in [-0.25, -0.2) is 0 Å². The lowest BCUT2D eigenvalue weighted by Crippen LogP contribution is -2.08. The Balaban J connectivity index is 2.13. The molecule has 0 radical (unpaired) electrons. The maximum atomic E-state index is 2.34. The minimum absolute atomic E-state index is 1.23. The van der Waals surface area contributed by atoms with Crippen molar-refractivity contribution in [1.29, 1.82) is 0 Å². The van der Waals surface area contributed by atoms with E-state index in [0.29, 0.717) is 0 Å². The first-order valence-corrected chi connectivity index (χ1v) is 8.68. The summed E-state index contributed by atoms with van der Waals surface area (Å²) in [6, 6.07) is 15.8. The van der Waals surface area contributed by atoms with Crippen LogP contribution in [0, 0.1) is 6.92 Å². The van der Waals surface area contributed by atoms with Gasteiger partial charge in [0.25, 0.3) is 0 Å². The van der Waals surface area contributed by atoms with Crippen molar-refractivity contribution in [3.63, 3.8) is 0 Å². The number of hydrogen-bond acceptors (Lipinski definition) is 2. The zero-order valence-electron chi connectivity index (χ0n) is 15.9. The van der Waals surface area contributed by atoms with Crippen LogP contribution in [0.25, 0.3) is 32.6 Å². The Hall–Kier alpha value is -2.68. The topological polar surface area (TPSA) is 11.4 Å². The van der Waals surface area contributed by atoms with Crippen LogP contribution in [0.2, 0.25) is 0 Å². The van der Waals surface area contributed by atoms with Crippen molar-refractivity contribution < 1.29 is 0 Å². The van der Waals surface area contributed by atoms with Gasteiger partial charge < -0.3 is 14.4 Å². The van der Waals surface area contributed by atoms with Crippen molar-refractivity contribution in [3.8, 4) is 0 Å². The minimum Gasteiger partial charge on any atom is -0.378 e. The lowest BCUT2D eigenvalue weighted by Gasteiger charge is -2.15. The standard InChI is InChI=1S/C22H25N3/c1-14-19-12-16(23(2)3)8-7-15(19)11-20-18-10-9-17(24(4)5)13-21(18)25(6)22(14)20/h7-13H,1-6H3. The van der Waals surface area contributed by atoms with Crippen LogP contribution < -0.4 is 9.80 Å². The minimum atomic E-state index is 1.23.